The van der Waals surface area contributed by atoms with Crippen molar-refractivity contribution < 1.29 is 9.90 Å². The molecular formula is C14H24N2O2. The van der Waals surface area contributed by atoms with Gasteiger partial charge in [-0.1, -0.05) is 20.8 Å². The normalized spacial score (nSPS) is 14.6. The number of nitrogens with one attached hydrogen (secondary N) is 1. The van der Waals surface area contributed by atoms with Crippen LogP contribution in [0.2, 0.25) is 0 Å². The van der Waals surface area contributed by atoms with Gasteiger partial charge in [-0.15, -0.1) is 0 Å². The van der Waals surface area contributed by atoms with Gasteiger partial charge in [0.05, 0.1) is 6.10 Å². The highest BCUT2D eigenvalue weighted by Crippen LogP contribution is 2.16. The van der Waals surface area contributed by atoms with Crippen LogP contribution in [-0.4, -0.2) is 21.6 Å². The highest BCUT2D eigenvalue weighted by atomic mass is 16.3. The summed E-state index contributed by atoms with van der Waals surface area (Å²) in [6, 6.07) is 2.03. The van der Waals surface area contributed by atoms with Crippen molar-refractivity contribution in [1.29, 1.82) is 0 Å². The van der Waals surface area contributed by atoms with Gasteiger partial charge < -0.3 is 15.0 Å². The first-order valence-corrected chi connectivity index (χ1v) is 6.57. The summed E-state index contributed by atoms with van der Waals surface area (Å²) in [4.78, 5) is 11.8. The Balaban J connectivity index is 2.52. The Labute approximate surface area is 109 Å². The molecular weight excluding hydrogens is 228 g/mol. The molecule has 0 aliphatic heterocycles. The van der Waals surface area contributed by atoms with Gasteiger partial charge in [-0.3, -0.25) is 4.79 Å². The number of hydrogen-bond acceptors (Lipinski definition) is 2. The van der Waals surface area contributed by atoms with Crippen molar-refractivity contribution in [3.05, 3.63) is 24.0 Å². The molecule has 0 radical (unpaired) electrons. The molecule has 0 aromatic carbocycles. The second kappa shape index (κ2) is 6.59. The summed E-state index contributed by atoms with van der Waals surface area (Å²) in [5, 5.41) is 12.6. The molecule has 0 saturated heterocycles. The molecule has 0 fully saturated rings. The number of carbonyl (C=O) groups excluding carboxylic acids is 1. The van der Waals surface area contributed by atoms with Gasteiger partial charge >= 0.3 is 0 Å². The van der Waals surface area contributed by atoms with Crippen molar-refractivity contribution in [3.8, 4) is 0 Å². The molecule has 4 heteroatoms. The van der Waals surface area contributed by atoms with Crippen LogP contribution < -0.4 is 5.32 Å². The van der Waals surface area contributed by atoms with Gasteiger partial charge in [-0.25, -0.2) is 0 Å². The van der Waals surface area contributed by atoms with E-state index in [1.807, 2.05) is 32.3 Å². The largest absolute Gasteiger partial charge is 0.388 e. The predicted octanol–water partition coefficient (Wildman–Crippen LogP) is 2.09. The molecule has 1 amide bonds. The minimum Gasteiger partial charge on any atom is -0.388 e. The number of carbonyl (C=O) groups is 1. The second-order valence-corrected chi connectivity index (χ2v) is 5.14. The van der Waals surface area contributed by atoms with Crippen molar-refractivity contribution >= 4 is 5.91 Å². The van der Waals surface area contributed by atoms with Gasteiger partial charge in [-0.2, -0.15) is 0 Å². The van der Waals surface area contributed by atoms with Crippen LogP contribution in [0.4, 0.5) is 0 Å². The van der Waals surface area contributed by atoms with Crippen molar-refractivity contribution in [3.63, 3.8) is 0 Å². The van der Waals surface area contributed by atoms with Gasteiger partial charge in [0.2, 0.25) is 5.91 Å². The lowest BCUT2D eigenvalue weighted by molar-refractivity contribution is -0.122. The first-order valence-electron chi connectivity index (χ1n) is 6.57. The summed E-state index contributed by atoms with van der Waals surface area (Å²) in [7, 11) is 0. The highest BCUT2D eigenvalue weighted by molar-refractivity contribution is 5.76. The second-order valence-electron chi connectivity index (χ2n) is 5.14. The lowest BCUT2D eigenvalue weighted by Gasteiger charge is -2.17. The molecule has 18 heavy (non-hydrogen) atoms. The Kier molecular flexibility index (Phi) is 5.41. The maximum absolute atomic E-state index is 11.8. The van der Waals surface area contributed by atoms with E-state index in [0.29, 0.717) is 18.9 Å². The van der Waals surface area contributed by atoms with Crippen LogP contribution in [0, 0.1) is 5.92 Å². The Morgan fingerprint density at radius 3 is 2.67 bits per heavy atom. The lowest BCUT2D eigenvalue weighted by atomic mass is 10.1. The maximum atomic E-state index is 11.8. The minimum atomic E-state index is -0.441. The third-order valence-electron chi connectivity index (χ3n) is 3.26. The van der Waals surface area contributed by atoms with E-state index in [0.717, 1.165) is 5.56 Å². The first-order chi connectivity index (χ1) is 8.43. The molecule has 0 spiro atoms. The fourth-order valence-corrected chi connectivity index (χ4v) is 1.62. The molecule has 1 aromatic rings. The van der Waals surface area contributed by atoms with Crippen molar-refractivity contribution in [2.24, 2.45) is 5.92 Å². The SMILES string of the molecule is CCC(O)c1ccn(CC(=O)NC(C)C(C)C)c1. The van der Waals surface area contributed by atoms with Crippen LogP contribution in [0.1, 0.15) is 45.8 Å². The lowest BCUT2D eigenvalue weighted by Crippen LogP contribution is -2.37. The van der Waals surface area contributed by atoms with E-state index in [4.69, 9.17) is 0 Å². The van der Waals surface area contributed by atoms with E-state index < -0.39 is 6.10 Å². The molecule has 4 nitrogen and oxygen atoms in total. The molecule has 0 aliphatic rings. The summed E-state index contributed by atoms with van der Waals surface area (Å²) >= 11 is 0. The molecule has 2 atom stereocenters. The smallest absolute Gasteiger partial charge is 0.240 e. The van der Waals surface area contributed by atoms with E-state index in [1.165, 1.54) is 0 Å². The average molecular weight is 252 g/mol. The summed E-state index contributed by atoms with van der Waals surface area (Å²) in [5.41, 5.74) is 0.863. The molecule has 2 unspecified atom stereocenters. The Morgan fingerprint density at radius 2 is 2.11 bits per heavy atom. The van der Waals surface area contributed by atoms with Gasteiger partial charge in [0.15, 0.2) is 0 Å². The number of aromatic nitrogens is 1. The van der Waals surface area contributed by atoms with Crippen molar-refractivity contribution in [2.75, 3.05) is 0 Å². The minimum absolute atomic E-state index is 0.00402. The number of nitrogens with zero attached hydrogens (tertiary/aromatic N) is 1. The molecule has 102 valence electrons. The van der Waals surface area contributed by atoms with Gasteiger partial charge in [0.1, 0.15) is 6.54 Å². The third kappa shape index (κ3) is 4.18. The Morgan fingerprint density at radius 1 is 1.44 bits per heavy atom. The highest BCUT2D eigenvalue weighted by Gasteiger charge is 2.12. The zero-order valence-electron chi connectivity index (χ0n) is 11.7. The molecule has 0 saturated carbocycles. The molecule has 1 rings (SSSR count). The summed E-state index contributed by atoms with van der Waals surface area (Å²) in [5.74, 6) is 0.431. The standard InChI is InChI=1S/C14H24N2O2/c1-5-13(17)12-6-7-16(8-12)9-14(18)15-11(4)10(2)3/h6-8,10-11,13,17H,5,9H2,1-4H3,(H,15,18). The van der Waals surface area contributed by atoms with E-state index in [-0.39, 0.29) is 11.9 Å². The molecule has 1 heterocycles. The third-order valence-corrected chi connectivity index (χ3v) is 3.26. The number of aliphatic hydroxyl groups excluding tert-OH is 1. The monoisotopic (exact) mass is 252 g/mol. The summed E-state index contributed by atoms with van der Waals surface area (Å²) in [6.07, 6.45) is 3.89. The average Bonchev–Trinajstić information content (AvgIpc) is 2.76. The van der Waals surface area contributed by atoms with E-state index in [2.05, 4.69) is 19.2 Å². The Hall–Kier alpha value is -1.29. The maximum Gasteiger partial charge on any atom is 0.240 e. The molecule has 0 bridgehead atoms. The number of amides is 1. The molecule has 2 N–H and O–H groups in total. The Bertz CT molecular complexity index is 385. The molecule has 0 aliphatic carbocycles. The van der Waals surface area contributed by atoms with Crippen LogP contribution in [0.15, 0.2) is 18.5 Å². The summed E-state index contributed by atoms with van der Waals surface area (Å²) < 4.78 is 1.80. The fraction of sp³-hybridized carbons (Fsp3) is 0.643. The van der Waals surface area contributed by atoms with Crippen LogP contribution in [0.25, 0.3) is 0 Å². The van der Waals surface area contributed by atoms with Crippen LogP contribution in [-0.2, 0) is 11.3 Å². The van der Waals surface area contributed by atoms with Crippen molar-refractivity contribution in [1.82, 2.24) is 9.88 Å². The quantitative estimate of drug-likeness (QED) is 0.814. The van der Waals surface area contributed by atoms with Crippen LogP contribution >= 0.6 is 0 Å². The first kappa shape index (κ1) is 14.8. The predicted molar refractivity (Wildman–Crippen MR) is 72.1 cm³/mol. The van der Waals surface area contributed by atoms with Crippen LogP contribution in [0.5, 0.6) is 0 Å². The van der Waals surface area contributed by atoms with E-state index in [9.17, 15) is 9.90 Å². The van der Waals surface area contributed by atoms with Crippen molar-refractivity contribution in [2.45, 2.75) is 52.8 Å². The number of aliphatic hydroxyl groups is 1. The summed E-state index contributed by atoms with van der Waals surface area (Å²) in [6.45, 7) is 8.39. The van der Waals surface area contributed by atoms with Gasteiger partial charge in [0.25, 0.3) is 0 Å². The zero-order chi connectivity index (χ0) is 13.7. The van der Waals surface area contributed by atoms with E-state index >= 15 is 0 Å². The van der Waals surface area contributed by atoms with Gasteiger partial charge in [0, 0.05) is 18.4 Å². The molecule has 1 aromatic heterocycles. The van der Waals surface area contributed by atoms with Gasteiger partial charge in [-0.05, 0) is 30.9 Å². The zero-order valence-corrected chi connectivity index (χ0v) is 11.7. The van der Waals surface area contributed by atoms with E-state index in [1.54, 1.807) is 4.57 Å². The number of hydrogen-bond donors (Lipinski definition) is 2. The number of rotatable bonds is 6. The topological polar surface area (TPSA) is 54.3 Å². The fourth-order valence-electron chi connectivity index (χ4n) is 1.62. The van der Waals surface area contributed by atoms with Crippen LogP contribution in [0.3, 0.4) is 0 Å².